The Hall–Kier alpha value is -2.37. The molecular formula is C21H24ClN5. The molecule has 1 saturated heterocycles. The predicted molar refractivity (Wildman–Crippen MR) is 110 cm³/mol. The monoisotopic (exact) mass is 381 g/mol. The summed E-state index contributed by atoms with van der Waals surface area (Å²) in [5.41, 5.74) is 3.47. The first-order valence-electron chi connectivity index (χ1n) is 9.46. The molecule has 1 fully saturated rings. The van der Waals surface area contributed by atoms with Crippen molar-refractivity contribution in [3.05, 3.63) is 65.8 Å². The van der Waals surface area contributed by atoms with Crippen molar-refractivity contribution in [1.29, 1.82) is 0 Å². The van der Waals surface area contributed by atoms with Crippen LogP contribution in [0.15, 0.2) is 60.8 Å². The van der Waals surface area contributed by atoms with E-state index in [4.69, 9.17) is 11.6 Å². The minimum Gasteiger partial charge on any atom is -0.369 e. The van der Waals surface area contributed by atoms with Gasteiger partial charge < -0.3 is 4.90 Å². The quantitative estimate of drug-likeness (QED) is 0.650. The molecule has 2 aromatic carbocycles. The molecule has 4 rings (SSSR count). The highest BCUT2D eigenvalue weighted by atomic mass is 35.5. The van der Waals surface area contributed by atoms with E-state index in [9.17, 15) is 0 Å². The third-order valence-electron chi connectivity index (χ3n) is 5.08. The zero-order valence-corrected chi connectivity index (χ0v) is 16.1. The second kappa shape index (κ2) is 8.55. The fourth-order valence-corrected chi connectivity index (χ4v) is 3.79. The molecule has 140 valence electrons. The lowest BCUT2D eigenvalue weighted by molar-refractivity contribution is 0.249. The van der Waals surface area contributed by atoms with Crippen LogP contribution in [0.25, 0.3) is 11.3 Å². The molecular weight excluding hydrogens is 358 g/mol. The van der Waals surface area contributed by atoms with Gasteiger partial charge in [0.25, 0.3) is 0 Å². The first-order valence-corrected chi connectivity index (χ1v) is 9.84. The van der Waals surface area contributed by atoms with Gasteiger partial charge in [0.05, 0.1) is 11.9 Å². The molecule has 27 heavy (non-hydrogen) atoms. The van der Waals surface area contributed by atoms with Crippen LogP contribution in [0.4, 0.5) is 5.69 Å². The van der Waals surface area contributed by atoms with Crippen LogP contribution < -0.4 is 4.90 Å². The highest BCUT2D eigenvalue weighted by molar-refractivity contribution is 6.30. The predicted octanol–water partition coefficient (Wildman–Crippen LogP) is 3.81. The Labute approximate surface area is 165 Å². The molecule has 0 spiro atoms. The van der Waals surface area contributed by atoms with Crippen molar-refractivity contribution >= 4 is 17.3 Å². The lowest BCUT2D eigenvalue weighted by atomic mass is 10.2. The van der Waals surface area contributed by atoms with E-state index in [2.05, 4.69) is 38.3 Å². The zero-order valence-electron chi connectivity index (χ0n) is 15.3. The summed E-state index contributed by atoms with van der Waals surface area (Å²) >= 11 is 6.12. The normalized spacial score (nSPS) is 15.2. The molecule has 1 aliphatic rings. The van der Waals surface area contributed by atoms with Crippen LogP contribution in [0.2, 0.25) is 5.02 Å². The lowest BCUT2D eigenvalue weighted by Crippen LogP contribution is -2.46. The molecule has 0 aliphatic carbocycles. The van der Waals surface area contributed by atoms with Gasteiger partial charge in [-0.05, 0) is 24.6 Å². The Morgan fingerprint density at radius 1 is 0.889 bits per heavy atom. The summed E-state index contributed by atoms with van der Waals surface area (Å²) in [5, 5.41) is 9.16. The molecule has 1 aliphatic heterocycles. The number of aromatic nitrogens is 3. The Morgan fingerprint density at radius 3 is 2.48 bits per heavy atom. The fourth-order valence-electron chi connectivity index (χ4n) is 3.60. The lowest BCUT2D eigenvalue weighted by Gasteiger charge is -2.36. The van der Waals surface area contributed by atoms with E-state index in [1.807, 2.05) is 47.3 Å². The average Bonchev–Trinajstić information content (AvgIpc) is 3.18. The van der Waals surface area contributed by atoms with Gasteiger partial charge in [0.15, 0.2) is 0 Å². The second-order valence-corrected chi connectivity index (χ2v) is 7.31. The smallest absolute Gasteiger partial charge is 0.0885 e. The summed E-state index contributed by atoms with van der Waals surface area (Å²) < 4.78 is 2.01. The molecule has 0 saturated carbocycles. The maximum atomic E-state index is 6.12. The molecule has 3 aromatic rings. The van der Waals surface area contributed by atoms with Gasteiger partial charge in [0.2, 0.25) is 0 Å². The van der Waals surface area contributed by atoms with Crippen molar-refractivity contribution in [1.82, 2.24) is 19.9 Å². The van der Waals surface area contributed by atoms with Crippen LogP contribution in [-0.4, -0.2) is 52.6 Å². The summed E-state index contributed by atoms with van der Waals surface area (Å²) in [6.45, 7) is 6.21. The summed E-state index contributed by atoms with van der Waals surface area (Å²) in [6, 6.07) is 18.5. The van der Waals surface area contributed by atoms with E-state index in [-0.39, 0.29) is 0 Å². The average molecular weight is 382 g/mol. The third kappa shape index (κ3) is 4.49. The molecule has 6 heteroatoms. The second-order valence-electron chi connectivity index (χ2n) is 6.87. The van der Waals surface area contributed by atoms with E-state index in [1.54, 1.807) is 0 Å². The first-order chi connectivity index (χ1) is 13.3. The number of anilines is 1. The number of nitrogens with zero attached hydrogens (tertiary/aromatic N) is 5. The van der Waals surface area contributed by atoms with Gasteiger partial charge >= 0.3 is 0 Å². The molecule has 1 aromatic heterocycles. The number of aryl methyl sites for hydroxylation is 1. The van der Waals surface area contributed by atoms with Crippen molar-refractivity contribution in [2.24, 2.45) is 0 Å². The molecule has 0 bridgehead atoms. The van der Waals surface area contributed by atoms with Crippen LogP contribution in [-0.2, 0) is 6.54 Å². The van der Waals surface area contributed by atoms with Gasteiger partial charge in [-0.25, -0.2) is 4.68 Å². The van der Waals surface area contributed by atoms with Gasteiger partial charge in [-0.2, -0.15) is 0 Å². The third-order valence-corrected chi connectivity index (χ3v) is 5.31. The number of hydrogen-bond donors (Lipinski definition) is 0. The van der Waals surface area contributed by atoms with Crippen molar-refractivity contribution < 1.29 is 0 Å². The zero-order chi connectivity index (χ0) is 18.5. The van der Waals surface area contributed by atoms with Crippen molar-refractivity contribution in [2.45, 2.75) is 13.0 Å². The van der Waals surface area contributed by atoms with Crippen molar-refractivity contribution in [3.63, 3.8) is 0 Å². The van der Waals surface area contributed by atoms with Crippen molar-refractivity contribution in [3.8, 4) is 11.3 Å². The molecule has 5 nitrogen and oxygen atoms in total. The first kappa shape index (κ1) is 18.0. The van der Waals surface area contributed by atoms with Crippen LogP contribution in [0, 0.1) is 0 Å². The summed E-state index contributed by atoms with van der Waals surface area (Å²) in [5.74, 6) is 0. The van der Waals surface area contributed by atoms with Crippen LogP contribution >= 0.6 is 11.6 Å². The maximum Gasteiger partial charge on any atom is 0.0885 e. The minimum atomic E-state index is 0.803. The van der Waals surface area contributed by atoms with Gasteiger partial charge in [0, 0.05) is 55.5 Å². The van der Waals surface area contributed by atoms with Crippen LogP contribution in [0.5, 0.6) is 0 Å². The molecule has 2 heterocycles. The summed E-state index contributed by atoms with van der Waals surface area (Å²) in [4.78, 5) is 4.94. The van der Waals surface area contributed by atoms with E-state index < -0.39 is 0 Å². The minimum absolute atomic E-state index is 0.803. The standard InChI is InChI=1S/C21H24ClN5/c22-19-8-4-9-20(16-19)26-14-12-25(13-15-26)10-5-11-27-21(17-23-24-27)18-6-2-1-3-7-18/h1-4,6-9,16-17H,5,10-15H2. The molecule has 0 unspecified atom stereocenters. The molecule has 0 amide bonds. The Bertz CT molecular complexity index is 856. The van der Waals surface area contributed by atoms with E-state index >= 15 is 0 Å². The maximum absolute atomic E-state index is 6.12. The van der Waals surface area contributed by atoms with Crippen LogP contribution in [0.1, 0.15) is 6.42 Å². The van der Waals surface area contributed by atoms with Crippen molar-refractivity contribution in [2.75, 3.05) is 37.6 Å². The molecule has 0 radical (unpaired) electrons. The van der Waals surface area contributed by atoms with Gasteiger partial charge in [-0.1, -0.05) is 53.2 Å². The van der Waals surface area contributed by atoms with Gasteiger partial charge in [0.1, 0.15) is 0 Å². The van der Waals surface area contributed by atoms with Crippen LogP contribution in [0.3, 0.4) is 0 Å². The summed E-state index contributed by atoms with van der Waals surface area (Å²) in [7, 11) is 0. The topological polar surface area (TPSA) is 37.2 Å². The molecule has 0 atom stereocenters. The summed E-state index contributed by atoms with van der Waals surface area (Å²) in [6.07, 6.45) is 2.92. The SMILES string of the molecule is Clc1cccc(N2CCN(CCCn3nncc3-c3ccccc3)CC2)c1. The Morgan fingerprint density at radius 2 is 1.70 bits per heavy atom. The number of hydrogen-bond acceptors (Lipinski definition) is 4. The van der Waals surface area contributed by atoms with Gasteiger partial charge in [-0.15, -0.1) is 5.10 Å². The highest BCUT2D eigenvalue weighted by Gasteiger charge is 2.17. The number of benzene rings is 2. The number of piperazine rings is 1. The van der Waals surface area contributed by atoms with E-state index in [0.29, 0.717) is 0 Å². The largest absolute Gasteiger partial charge is 0.369 e. The van der Waals surface area contributed by atoms with Gasteiger partial charge in [-0.3, -0.25) is 4.90 Å². The number of rotatable bonds is 6. The fraction of sp³-hybridized carbons (Fsp3) is 0.333. The Kier molecular flexibility index (Phi) is 5.70. The highest BCUT2D eigenvalue weighted by Crippen LogP contribution is 2.21. The molecule has 0 N–H and O–H groups in total. The van der Waals surface area contributed by atoms with E-state index in [0.717, 1.165) is 62.0 Å². The van der Waals surface area contributed by atoms with E-state index in [1.165, 1.54) is 5.69 Å². The number of halogens is 1. The Balaban J connectivity index is 1.26.